The fourth-order valence-corrected chi connectivity index (χ4v) is 4.15. The molecule has 0 aliphatic carbocycles. The highest BCUT2D eigenvalue weighted by Crippen LogP contribution is 2.33. The average molecular weight is 368 g/mol. The molecular weight excluding hydrogens is 348 g/mol. The van der Waals surface area contributed by atoms with Crippen LogP contribution in [0.2, 0.25) is 0 Å². The minimum Gasteiger partial charge on any atom is -0.481 e. The molecule has 26 heavy (non-hydrogen) atoms. The second kappa shape index (κ2) is 7.47. The lowest BCUT2D eigenvalue weighted by Gasteiger charge is -2.23. The van der Waals surface area contributed by atoms with E-state index in [-0.39, 0.29) is 5.75 Å². The molecule has 6 nitrogen and oxygen atoms in total. The quantitative estimate of drug-likeness (QED) is 0.674. The largest absolute Gasteiger partial charge is 0.481 e. The van der Waals surface area contributed by atoms with Gasteiger partial charge in [-0.2, -0.15) is 0 Å². The first-order valence-corrected chi connectivity index (χ1v) is 9.71. The number of nitrogens with one attached hydrogen (secondary N) is 1. The Hall–Kier alpha value is -2.38. The minimum atomic E-state index is -0.856. The zero-order valence-corrected chi connectivity index (χ0v) is 15.1. The Labute approximate surface area is 155 Å². The summed E-state index contributed by atoms with van der Waals surface area (Å²) in [5.74, 6) is 0.360. The molecular formula is C19H20N4O2S. The van der Waals surface area contributed by atoms with E-state index in [0.29, 0.717) is 11.1 Å². The normalized spacial score (nSPS) is 15.4. The van der Waals surface area contributed by atoms with E-state index < -0.39 is 5.97 Å². The van der Waals surface area contributed by atoms with E-state index in [4.69, 9.17) is 5.11 Å². The Morgan fingerprint density at radius 3 is 2.73 bits per heavy atom. The van der Waals surface area contributed by atoms with Crippen LogP contribution in [0.1, 0.15) is 24.6 Å². The first kappa shape index (κ1) is 17.1. The zero-order chi connectivity index (χ0) is 17.9. The molecule has 0 amide bonds. The van der Waals surface area contributed by atoms with Crippen molar-refractivity contribution in [3.05, 3.63) is 48.3 Å². The number of carboxylic acids is 1. The SMILES string of the molecule is O=C(O)CSc1nnc(C2CCNCC2)n1-c1cccc2ccccc12. The first-order chi connectivity index (χ1) is 12.7. The Morgan fingerprint density at radius 1 is 1.15 bits per heavy atom. The van der Waals surface area contributed by atoms with Gasteiger partial charge in [-0.3, -0.25) is 9.36 Å². The van der Waals surface area contributed by atoms with Crippen molar-refractivity contribution in [2.24, 2.45) is 0 Å². The summed E-state index contributed by atoms with van der Waals surface area (Å²) in [4.78, 5) is 11.1. The van der Waals surface area contributed by atoms with Gasteiger partial charge < -0.3 is 10.4 Å². The topological polar surface area (TPSA) is 80.0 Å². The van der Waals surface area contributed by atoms with Gasteiger partial charge in [0.1, 0.15) is 5.82 Å². The fourth-order valence-electron chi connectivity index (χ4n) is 3.48. The Morgan fingerprint density at radius 2 is 1.92 bits per heavy atom. The lowest BCUT2D eigenvalue weighted by atomic mass is 9.97. The molecule has 3 aromatic rings. The standard InChI is InChI=1S/C19H20N4O2S/c24-17(25)12-26-19-22-21-18(14-8-10-20-11-9-14)23(19)16-7-3-5-13-4-1-2-6-15(13)16/h1-7,14,20H,8-12H2,(H,24,25). The molecule has 1 aliphatic heterocycles. The van der Waals surface area contributed by atoms with Gasteiger partial charge in [-0.25, -0.2) is 0 Å². The van der Waals surface area contributed by atoms with Crippen molar-refractivity contribution in [2.75, 3.05) is 18.8 Å². The number of hydrogen-bond donors (Lipinski definition) is 2. The lowest BCUT2D eigenvalue weighted by Crippen LogP contribution is -2.28. The van der Waals surface area contributed by atoms with Crippen LogP contribution in [0.5, 0.6) is 0 Å². The molecule has 1 aromatic heterocycles. The molecule has 0 spiro atoms. The Kier molecular flexibility index (Phi) is 4.90. The molecule has 2 N–H and O–H groups in total. The summed E-state index contributed by atoms with van der Waals surface area (Å²) in [5.41, 5.74) is 1.01. The van der Waals surface area contributed by atoms with E-state index in [1.807, 2.05) is 18.2 Å². The minimum absolute atomic E-state index is 0.0326. The zero-order valence-electron chi connectivity index (χ0n) is 14.3. The maximum absolute atomic E-state index is 11.1. The monoisotopic (exact) mass is 368 g/mol. The second-order valence-electron chi connectivity index (χ2n) is 6.38. The summed E-state index contributed by atoms with van der Waals surface area (Å²) in [7, 11) is 0. The van der Waals surface area contributed by atoms with E-state index in [0.717, 1.165) is 48.2 Å². The number of rotatable bonds is 5. The molecule has 4 rings (SSSR count). The van der Waals surface area contributed by atoms with Gasteiger partial charge in [0.15, 0.2) is 5.16 Å². The number of benzene rings is 2. The molecule has 1 aliphatic rings. The van der Waals surface area contributed by atoms with Crippen LogP contribution in [-0.4, -0.2) is 44.7 Å². The van der Waals surface area contributed by atoms with Crippen molar-refractivity contribution in [1.29, 1.82) is 0 Å². The van der Waals surface area contributed by atoms with Crippen LogP contribution in [0.15, 0.2) is 47.6 Å². The molecule has 1 fully saturated rings. The highest BCUT2D eigenvalue weighted by atomic mass is 32.2. The van der Waals surface area contributed by atoms with Gasteiger partial charge in [-0.1, -0.05) is 48.2 Å². The third-order valence-electron chi connectivity index (χ3n) is 4.69. The van der Waals surface area contributed by atoms with Gasteiger partial charge >= 0.3 is 5.97 Å². The van der Waals surface area contributed by atoms with Crippen molar-refractivity contribution in [1.82, 2.24) is 20.1 Å². The van der Waals surface area contributed by atoms with Crippen molar-refractivity contribution in [3.8, 4) is 5.69 Å². The molecule has 0 saturated carbocycles. The van der Waals surface area contributed by atoms with Crippen molar-refractivity contribution < 1.29 is 9.90 Å². The van der Waals surface area contributed by atoms with E-state index in [9.17, 15) is 4.79 Å². The van der Waals surface area contributed by atoms with Gasteiger partial charge in [0.05, 0.1) is 11.4 Å². The number of fused-ring (bicyclic) bond motifs is 1. The van der Waals surface area contributed by atoms with E-state index in [1.54, 1.807) is 0 Å². The number of piperidine rings is 1. The number of carboxylic acid groups (broad SMARTS) is 1. The summed E-state index contributed by atoms with van der Waals surface area (Å²) in [6.45, 7) is 1.93. The van der Waals surface area contributed by atoms with Crippen molar-refractivity contribution in [3.63, 3.8) is 0 Å². The van der Waals surface area contributed by atoms with Crippen LogP contribution in [0.3, 0.4) is 0 Å². The van der Waals surface area contributed by atoms with Crippen LogP contribution in [0.25, 0.3) is 16.5 Å². The average Bonchev–Trinajstić information content (AvgIpc) is 3.10. The number of thioether (sulfide) groups is 1. The summed E-state index contributed by atoms with van der Waals surface area (Å²) in [6.07, 6.45) is 2.01. The molecule has 0 unspecified atom stereocenters. The third kappa shape index (κ3) is 3.32. The summed E-state index contributed by atoms with van der Waals surface area (Å²) < 4.78 is 2.06. The highest BCUT2D eigenvalue weighted by molar-refractivity contribution is 7.99. The fraction of sp³-hybridized carbons (Fsp3) is 0.316. The summed E-state index contributed by atoms with van der Waals surface area (Å²) >= 11 is 1.22. The van der Waals surface area contributed by atoms with Gasteiger partial charge in [0.2, 0.25) is 0 Å². The van der Waals surface area contributed by atoms with E-state index >= 15 is 0 Å². The Bertz CT molecular complexity index is 929. The maximum Gasteiger partial charge on any atom is 0.313 e. The van der Waals surface area contributed by atoms with Gasteiger partial charge in [0, 0.05) is 11.3 Å². The number of nitrogens with zero attached hydrogens (tertiary/aromatic N) is 3. The molecule has 0 radical (unpaired) electrons. The lowest BCUT2D eigenvalue weighted by molar-refractivity contribution is -0.133. The van der Waals surface area contributed by atoms with Crippen molar-refractivity contribution >= 4 is 28.5 Å². The highest BCUT2D eigenvalue weighted by Gasteiger charge is 2.25. The van der Waals surface area contributed by atoms with Crippen LogP contribution in [0, 0.1) is 0 Å². The van der Waals surface area contributed by atoms with Crippen LogP contribution >= 0.6 is 11.8 Å². The number of aromatic nitrogens is 3. The van der Waals surface area contributed by atoms with E-state index in [2.05, 4.69) is 44.3 Å². The molecule has 7 heteroatoms. The van der Waals surface area contributed by atoms with Crippen LogP contribution < -0.4 is 5.32 Å². The van der Waals surface area contributed by atoms with Crippen LogP contribution in [0.4, 0.5) is 0 Å². The molecule has 2 heterocycles. The number of carbonyl (C=O) groups is 1. The summed E-state index contributed by atoms with van der Waals surface area (Å²) in [6, 6.07) is 14.4. The number of hydrogen-bond acceptors (Lipinski definition) is 5. The van der Waals surface area contributed by atoms with Gasteiger partial charge in [0.25, 0.3) is 0 Å². The van der Waals surface area contributed by atoms with Gasteiger partial charge in [-0.05, 0) is 37.4 Å². The predicted molar refractivity (Wildman–Crippen MR) is 102 cm³/mol. The molecule has 134 valence electrons. The maximum atomic E-state index is 11.1. The van der Waals surface area contributed by atoms with E-state index in [1.165, 1.54) is 11.8 Å². The predicted octanol–water partition coefficient (Wildman–Crippen LogP) is 3.06. The first-order valence-electron chi connectivity index (χ1n) is 8.73. The molecule has 0 bridgehead atoms. The molecule has 0 atom stereocenters. The third-order valence-corrected chi connectivity index (χ3v) is 5.61. The summed E-state index contributed by atoms with van der Waals surface area (Å²) in [5, 5.41) is 24.2. The van der Waals surface area contributed by atoms with Crippen LogP contribution in [-0.2, 0) is 4.79 Å². The number of aliphatic carboxylic acids is 1. The van der Waals surface area contributed by atoms with Crippen molar-refractivity contribution in [2.45, 2.75) is 23.9 Å². The Balaban J connectivity index is 1.85. The smallest absolute Gasteiger partial charge is 0.313 e. The second-order valence-corrected chi connectivity index (χ2v) is 7.32. The molecule has 2 aromatic carbocycles. The molecule has 1 saturated heterocycles. The van der Waals surface area contributed by atoms with Gasteiger partial charge in [-0.15, -0.1) is 10.2 Å².